The lowest BCUT2D eigenvalue weighted by Gasteiger charge is -2.09. The molecule has 1 atom stereocenters. The largest absolute Gasteiger partial charge is 0.366 e. The third-order valence-electron chi connectivity index (χ3n) is 3.52. The summed E-state index contributed by atoms with van der Waals surface area (Å²) in [6, 6.07) is 21.0. The minimum atomic E-state index is -1.15. The highest BCUT2D eigenvalue weighted by Gasteiger charge is 2.10. The van der Waals surface area contributed by atoms with Gasteiger partial charge in [0.25, 0.3) is 0 Å². The second kappa shape index (κ2) is 8.35. The maximum absolute atomic E-state index is 12.6. The molecule has 0 saturated carbocycles. The third kappa shape index (κ3) is 4.61. The summed E-state index contributed by atoms with van der Waals surface area (Å²) in [5, 5.41) is 3.19. The minimum absolute atomic E-state index is 0.342. The number of aromatic nitrogens is 2. The number of anilines is 1. The molecule has 0 saturated heterocycles. The normalized spacial score (nSPS) is 11.7. The van der Waals surface area contributed by atoms with Crippen LogP contribution in [0.3, 0.4) is 0 Å². The van der Waals surface area contributed by atoms with Gasteiger partial charge in [-0.05, 0) is 12.1 Å². The first-order valence-electron chi connectivity index (χ1n) is 7.98. The Balaban J connectivity index is 1.92. The van der Waals surface area contributed by atoms with E-state index in [2.05, 4.69) is 21.9 Å². The number of rotatable bonds is 7. The van der Waals surface area contributed by atoms with Crippen LogP contribution in [0, 0.1) is 0 Å². The smallest absolute Gasteiger partial charge is 0.161 e. The predicted molar refractivity (Wildman–Crippen MR) is 103 cm³/mol. The molecule has 2 aromatic carbocycles. The van der Waals surface area contributed by atoms with Gasteiger partial charge in [-0.1, -0.05) is 54.6 Å². The van der Waals surface area contributed by atoms with Crippen molar-refractivity contribution in [2.45, 2.75) is 10.6 Å². The lowest BCUT2D eigenvalue weighted by molar-refractivity contribution is 0.682. The SMILES string of the molecule is C=CCNc1cc(CS(=O)c2ccccc2)nc(-c2ccccc2)n1. The number of nitrogens with zero attached hydrogens (tertiary/aromatic N) is 2. The Hall–Kier alpha value is -2.79. The summed E-state index contributed by atoms with van der Waals surface area (Å²) in [5.41, 5.74) is 1.67. The standard InChI is InChI=1S/C20H19N3OS/c1-2-13-21-19-14-17(15-25(24)18-11-7-4-8-12-18)22-20(23-19)16-9-5-3-6-10-16/h2-12,14H,1,13,15H2,(H,21,22,23). The van der Waals surface area contributed by atoms with Gasteiger partial charge in [-0.15, -0.1) is 6.58 Å². The van der Waals surface area contributed by atoms with Crippen molar-refractivity contribution in [2.24, 2.45) is 0 Å². The van der Waals surface area contributed by atoms with E-state index < -0.39 is 10.8 Å². The fourth-order valence-electron chi connectivity index (χ4n) is 2.34. The van der Waals surface area contributed by atoms with Gasteiger partial charge in [0.2, 0.25) is 0 Å². The van der Waals surface area contributed by atoms with Gasteiger partial charge in [0, 0.05) is 23.1 Å². The Morgan fingerprint density at radius 2 is 1.68 bits per heavy atom. The molecule has 5 heteroatoms. The van der Waals surface area contributed by atoms with Gasteiger partial charge >= 0.3 is 0 Å². The van der Waals surface area contributed by atoms with Crippen LogP contribution >= 0.6 is 0 Å². The molecule has 3 rings (SSSR count). The van der Waals surface area contributed by atoms with E-state index in [1.807, 2.05) is 66.7 Å². The van der Waals surface area contributed by atoms with Gasteiger partial charge in [-0.2, -0.15) is 0 Å². The minimum Gasteiger partial charge on any atom is -0.366 e. The van der Waals surface area contributed by atoms with E-state index in [0.29, 0.717) is 23.9 Å². The molecule has 0 amide bonds. The van der Waals surface area contributed by atoms with Crippen LogP contribution in [0.5, 0.6) is 0 Å². The molecule has 0 aliphatic rings. The van der Waals surface area contributed by atoms with E-state index in [0.717, 1.165) is 16.2 Å². The number of benzene rings is 2. The molecule has 25 heavy (non-hydrogen) atoms. The average molecular weight is 349 g/mol. The molecule has 126 valence electrons. The number of hydrogen-bond donors (Lipinski definition) is 1. The molecular formula is C20H19N3OS. The number of hydrogen-bond acceptors (Lipinski definition) is 4. The van der Waals surface area contributed by atoms with Crippen LogP contribution in [-0.4, -0.2) is 20.7 Å². The summed E-state index contributed by atoms with van der Waals surface area (Å²) >= 11 is 0. The zero-order valence-corrected chi connectivity index (χ0v) is 14.6. The van der Waals surface area contributed by atoms with Crippen molar-refractivity contribution in [2.75, 3.05) is 11.9 Å². The zero-order chi connectivity index (χ0) is 17.5. The van der Waals surface area contributed by atoms with Gasteiger partial charge in [0.15, 0.2) is 5.82 Å². The molecule has 0 aliphatic heterocycles. The lowest BCUT2D eigenvalue weighted by Crippen LogP contribution is -2.06. The average Bonchev–Trinajstić information content (AvgIpc) is 2.67. The van der Waals surface area contributed by atoms with Crippen molar-refractivity contribution in [1.82, 2.24) is 9.97 Å². The van der Waals surface area contributed by atoms with Gasteiger partial charge in [-0.3, -0.25) is 4.21 Å². The Morgan fingerprint density at radius 3 is 2.36 bits per heavy atom. The molecule has 3 aromatic rings. The highest BCUT2D eigenvalue weighted by molar-refractivity contribution is 7.84. The monoisotopic (exact) mass is 349 g/mol. The molecule has 0 bridgehead atoms. The van der Waals surface area contributed by atoms with E-state index in [-0.39, 0.29) is 0 Å². The van der Waals surface area contributed by atoms with Crippen LogP contribution in [0.25, 0.3) is 11.4 Å². The summed E-state index contributed by atoms with van der Waals surface area (Å²) < 4.78 is 12.6. The summed E-state index contributed by atoms with van der Waals surface area (Å²) in [6.07, 6.45) is 1.77. The first-order chi connectivity index (χ1) is 12.3. The van der Waals surface area contributed by atoms with Crippen molar-refractivity contribution in [1.29, 1.82) is 0 Å². The topological polar surface area (TPSA) is 54.9 Å². The van der Waals surface area contributed by atoms with E-state index in [9.17, 15) is 4.21 Å². The molecular weight excluding hydrogens is 330 g/mol. The van der Waals surface area contributed by atoms with E-state index >= 15 is 0 Å². The highest BCUT2D eigenvalue weighted by Crippen LogP contribution is 2.20. The molecule has 0 aliphatic carbocycles. The summed E-state index contributed by atoms with van der Waals surface area (Å²) in [5.74, 6) is 1.67. The Kier molecular flexibility index (Phi) is 5.69. The quantitative estimate of drug-likeness (QED) is 0.654. The lowest BCUT2D eigenvalue weighted by atomic mass is 10.2. The Labute approximate surface area is 150 Å². The second-order valence-electron chi connectivity index (χ2n) is 5.41. The fraction of sp³-hybridized carbons (Fsp3) is 0.100. The van der Waals surface area contributed by atoms with E-state index in [1.165, 1.54) is 0 Å². The maximum atomic E-state index is 12.6. The van der Waals surface area contributed by atoms with Crippen LogP contribution in [0.15, 0.2) is 84.3 Å². The molecule has 1 heterocycles. The first-order valence-corrected chi connectivity index (χ1v) is 9.30. The molecule has 0 radical (unpaired) electrons. The maximum Gasteiger partial charge on any atom is 0.161 e. The highest BCUT2D eigenvalue weighted by atomic mass is 32.2. The van der Waals surface area contributed by atoms with Gasteiger partial charge in [0.1, 0.15) is 5.82 Å². The van der Waals surface area contributed by atoms with Crippen molar-refractivity contribution < 1.29 is 4.21 Å². The molecule has 1 N–H and O–H groups in total. The molecule has 1 unspecified atom stereocenters. The van der Waals surface area contributed by atoms with Crippen LogP contribution in [-0.2, 0) is 16.6 Å². The first kappa shape index (κ1) is 17.0. The van der Waals surface area contributed by atoms with Crippen LogP contribution in [0.2, 0.25) is 0 Å². The van der Waals surface area contributed by atoms with Crippen molar-refractivity contribution in [3.63, 3.8) is 0 Å². The molecule has 4 nitrogen and oxygen atoms in total. The second-order valence-corrected chi connectivity index (χ2v) is 6.86. The summed E-state index contributed by atoms with van der Waals surface area (Å²) in [7, 11) is -1.15. The van der Waals surface area contributed by atoms with E-state index in [4.69, 9.17) is 0 Å². The van der Waals surface area contributed by atoms with Gasteiger partial charge < -0.3 is 5.32 Å². The Morgan fingerprint density at radius 1 is 1.00 bits per heavy atom. The molecule has 0 fully saturated rings. The zero-order valence-electron chi connectivity index (χ0n) is 13.8. The summed E-state index contributed by atoms with van der Waals surface area (Å²) in [4.78, 5) is 9.95. The molecule has 1 aromatic heterocycles. The Bertz CT molecular complexity index is 867. The fourth-order valence-corrected chi connectivity index (χ4v) is 3.39. The van der Waals surface area contributed by atoms with Crippen LogP contribution in [0.4, 0.5) is 5.82 Å². The summed E-state index contributed by atoms with van der Waals surface area (Å²) in [6.45, 7) is 4.32. The van der Waals surface area contributed by atoms with Gasteiger partial charge in [-0.25, -0.2) is 9.97 Å². The van der Waals surface area contributed by atoms with Gasteiger partial charge in [0.05, 0.1) is 22.2 Å². The van der Waals surface area contributed by atoms with Crippen molar-refractivity contribution in [3.8, 4) is 11.4 Å². The molecule has 0 spiro atoms. The predicted octanol–water partition coefficient (Wildman–Crippen LogP) is 4.05. The van der Waals surface area contributed by atoms with Crippen molar-refractivity contribution >= 4 is 16.6 Å². The third-order valence-corrected chi connectivity index (χ3v) is 4.88. The van der Waals surface area contributed by atoms with E-state index in [1.54, 1.807) is 6.08 Å². The number of nitrogens with one attached hydrogen (secondary N) is 1. The van der Waals surface area contributed by atoms with Crippen LogP contribution < -0.4 is 5.32 Å². The van der Waals surface area contributed by atoms with Crippen LogP contribution in [0.1, 0.15) is 5.69 Å². The van der Waals surface area contributed by atoms with Crippen molar-refractivity contribution in [3.05, 3.63) is 85.1 Å².